The van der Waals surface area contributed by atoms with Gasteiger partial charge in [-0.3, -0.25) is 14.9 Å². The number of β-amino-alcohol motifs (C(OH)–C–C–N with tert-alkyl or cyclic N) is 1. The normalized spacial score (nSPS) is 17.2. The van der Waals surface area contributed by atoms with E-state index in [0.717, 1.165) is 0 Å². The SMILES string of the molecule is Cc1cc(C(=O)N2CC(C)(O)C2)cc([N+](=O)[O-])c1. The van der Waals surface area contributed by atoms with Gasteiger partial charge in [-0.25, -0.2) is 0 Å². The highest BCUT2D eigenvalue weighted by atomic mass is 16.6. The Balaban J connectivity index is 2.23. The van der Waals surface area contributed by atoms with Gasteiger partial charge in [0.1, 0.15) is 0 Å². The van der Waals surface area contributed by atoms with Crippen molar-refractivity contribution in [3.05, 3.63) is 39.4 Å². The van der Waals surface area contributed by atoms with Crippen LogP contribution in [0.3, 0.4) is 0 Å². The molecule has 1 amide bonds. The number of aryl methyl sites for hydroxylation is 1. The number of hydrogen-bond donors (Lipinski definition) is 1. The van der Waals surface area contributed by atoms with Crippen molar-refractivity contribution in [3.63, 3.8) is 0 Å². The first-order valence-electron chi connectivity index (χ1n) is 5.56. The van der Waals surface area contributed by atoms with Crippen molar-refractivity contribution in [2.75, 3.05) is 13.1 Å². The summed E-state index contributed by atoms with van der Waals surface area (Å²) in [7, 11) is 0. The molecule has 96 valence electrons. The molecule has 1 fully saturated rings. The molecule has 1 aliphatic heterocycles. The standard InChI is InChI=1S/C12H14N2O4/c1-8-3-9(5-10(4-8)14(17)18)11(15)13-6-12(2,16)7-13/h3-5,16H,6-7H2,1-2H3. The van der Waals surface area contributed by atoms with Crippen LogP contribution in [0.5, 0.6) is 0 Å². The molecule has 0 spiro atoms. The predicted molar refractivity (Wildman–Crippen MR) is 64.4 cm³/mol. The van der Waals surface area contributed by atoms with E-state index in [2.05, 4.69) is 0 Å². The molecule has 0 atom stereocenters. The van der Waals surface area contributed by atoms with Gasteiger partial charge in [0.05, 0.1) is 23.6 Å². The number of carbonyl (C=O) groups excluding carboxylic acids is 1. The molecule has 1 heterocycles. The molecule has 0 unspecified atom stereocenters. The zero-order valence-electron chi connectivity index (χ0n) is 10.2. The molecule has 6 nitrogen and oxygen atoms in total. The average Bonchev–Trinajstić information content (AvgIpc) is 2.23. The summed E-state index contributed by atoms with van der Waals surface area (Å²) in [4.78, 5) is 23.7. The number of nitro groups is 1. The van der Waals surface area contributed by atoms with Crippen molar-refractivity contribution >= 4 is 11.6 Å². The first-order valence-corrected chi connectivity index (χ1v) is 5.56. The lowest BCUT2D eigenvalue weighted by Gasteiger charge is -2.44. The van der Waals surface area contributed by atoms with Crippen LogP contribution in [0, 0.1) is 17.0 Å². The highest BCUT2D eigenvalue weighted by molar-refractivity contribution is 5.95. The Bertz CT molecular complexity index is 517. The highest BCUT2D eigenvalue weighted by Gasteiger charge is 2.39. The fourth-order valence-electron chi connectivity index (χ4n) is 2.09. The van der Waals surface area contributed by atoms with Crippen molar-refractivity contribution in [3.8, 4) is 0 Å². The number of carbonyl (C=O) groups is 1. The number of nitro benzene ring substituents is 1. The molecule has 0 saturated carbocycles. The van der Waals surface area contributed by atoms with E-state index in [9.17, 15) is 20.0 Å². The lowest BCUT2D eigenvalue weighted by atomic mass is 9.95. The minimum atomic E-state index is -0.842. The maximum Gasteiger partial charge on any atom is 0.270 e. The second kappa shape index (κ2) is 4.06. The molecule has 0 radical (unpaired) electrons. The van der Waals surface area contributed by atoms with E-state index >= 15 is 0 Å². The molecule has 1 N–H and O–H groups in total. The van der Waals surface area contributed by atoms with Gasteiger partial charge in [-0.15, -0.1) is 0 Å². The van der Waals surface area contributed by atoms with Gasteiger partial charge in [0, 0.05) is 17.7 Å². The molecular formula is C12H14N2O4. The third-order valence-corrected chi connectivity index (χ3v) is 2.87. The third-order valence-electron chi connectivity index (χ3n) is 2.87. The Kier molecular flexibility index (Phi) is 2.82. The van der Waals surface area contributed by atoms with Crippen molar-refractivity contribution in [2.45, 2.75) is 19.4 Å². The van der Waals surface area contributed by atoms with Crippen molar-refractivity contribution in [2.24, 2.45) is 0 Å². The van der Waals surface area contributed by atoms with Gasteiger partial charge in [-0.1, -0.05) is 0 Å². The number of non-ortho nitro benzene ring substituents is 1. The van der Waals surface area contributed by atoms with Crippen LogP contribution in [-0.4, -0.2) is 39.5 Å². The molecule has 0 bridgehead atoms. The smallest absolute Gasteiger partial charge is 0.270 e. The number of hydrogen-bond acceptors (Lipinski definition) is 4. The fraction of sp³-hybridized carbons (Fsp3) is 0.417. The van der Waals surface area contributed by atoms with Gasteiger partial charge < -0.3 is 10.0 Å². The van der Waals surface area contributed by atoms with Gasteiger partial charge in [0.15, 0.2) is 0 Å². The molecular weight excluding hydrogens is 236 g/mol. The van der Waals surface area contributed by atoms with Crippen LogP contribution < -0.4 is 0 Å². The summed E-state index contributed by atoms with van der Waals surface area (Å²) in [5.41, 5.74) is 0.0217. The molecule has 2 rings (SSSR count). The highest BCUT2D eigenvalue weighted by Crippen LogP contribution is 2.24. The van der Waals surface area contributed by atoms with E-state index in [1.165, 1.54) is 17.0 Å². The maximum absolute atomic E-state index is 12.0. The Morgan fingerprint density at radius 2 is 2.06 bits per heavy atom. The molecule has 1 aromatic carbocycles. The predicted octanol–water partition coefficient (Wildman–Crippen LogP) is 1.11. The van der Waals surface area contributed by atoms with E-state index in [-0.39, 0.29) is 30.2 Å². The lowest BCUT2D eigenvalue weighted by Crippen LogP contribution is -2.61. The Hall–Kier alpha value is -1.95. The number of aliphatic hydroxyl groups is 1. The number of benzene rings is 1. The minimum absolute atomic E-state index is 0.0920. The molecule has 6 heteroatoms. The van der Waals surface area contributed by atoms with Gasteiger partial charge in [0.25, 0.3) is 11.6 Å². The summed E-state index contributed by atoms with van der Waals surface area (Å²) >= 11 is 0. The number of likely N-dealkylation sites (tertiary alicyclic amines) is 1. The lowest BCUT2D eigenvalue weighted by molar-refractivity contribution is -0.384. The third kappa shape index (κ3) is 2.33. The van der Waals surface area contributed by atoms with Gasteiger partial charge in [-0.05, 0) is 25.5 Å². The Morgan fingerprint density at radius 1 is 1.44 bits per heavy atom. The van der Waals surface area contributed by atoms with Crippen LogP contribution >= 0.6 is 0 Å². The summed E-state index contributed by atoms with van der Waals surface area (Å²) in [5.74, 6) is -0.284. The molecule has 0 aromatic heterocycles. The second-order valence-corrected chi connectivity index (χ2v) is 4.97. The van der Waals surface area contributed by atoms with Crippen molar-refractivity contribution < 1.29 is 14.8 Å². The first-order chi connectivity index (χ1) is 8.28. The number of amides is 1. The second-order valence-electron chi connectivity index (χ2n) is 4.97. The van der Waals surface area contributed by atoms with Gasteiger partial charge >= 0.3 is 0 Å². The molecule has 18 heavy (non-hydrogen) atoms. The zero-order valence-corrected chi connectivity index (χ0v) is 10.2. The first kappa shape index (κ1) is 12.5. The zero-order chi connectivity index (χ0) is 13.5. The summed E-state index contributed by atoms with van der Waals surface area (Å²) in [6.45, 7) is 3.87. The summed E-state index contributed by atoms with van der Waals surface area (Å²) in [6, 6.07) is 4.30. The van der Waals surface area contributed by atoms with Crippen molar-refractivity contribution in [1.29, 1.82) is 0 Å². The molecule has 1 aromatic rings. The fourth-order valence-corrected chi connectivity index (χ4v) is 2.09. The van der Waals surface area contributed by atoms with Crippen molar-refractivity contribution in [1.82, 2.24) is 4.90 Å². The van der Waals surface area contributed by atoms with E-state index in [0.29, 0.717) is 5.56 Å². The summed E-state index contributed by atoms with van der Waals surface area (Å²) in [5, 5.41) is 20.3. The quantitative estimate of drug-likeness (QED) is 0.629. The van der Waals surface area contributed by atoms with E-state index in [4.69, 9.17) is 0 Å². The number of nitrogens with zero attached hydrogens (tertiary/aromatic N) is 2. The van der Waals surface area contributed by atoms with Crippen LogP contribution in [0.25, 0.3) is 0 Å². The van der Waals surface area contributed by atoms with E-state index in [1.54, 1.807) is 19.9 Å². The topological polar surface area (TPSA) is 83.7 Å². The van der Waals surface area contributed by atoms with Crippen LogP contribution in [-0.2, 0) is 0 Å². The van der Waals surface area contributed by atoms with Gasteiger partial charge in [0.2, 0.25) is 0 Å². The largest absolute Gasteiger partial charge is 0.386 e. The Morgan fingerprint density at radius 3 is 2.56 bits per heavy atom. The van der Waals surface area contributed by atoms with Crippen LogP contribution in [0.1, 0.15) is 22.8 Å². The monoisotopic (exact) mass is 250 g/mol. The van der Waals surface area contributed by atoms with Crippen LogP contribution in [0.2, 0.25) is 0 Å². The number of rotatable bonds is 2. The summed E-state index contributed by atoms with van der Waals surface area (Å²) < 4.78 is 0. The Labute approximate surface area is 104 Å². The molecule has 1 aliphatic rings. The molecule has 0 aliphatic carbocycles. The average molecular weight is 250 g/mol. The van der Waals surface area contributed by atoms with E-state index in [1.807, 2.05) is 0 Å². The minimum Gasteiger partial charge on any atom is -0.386 e. The van der Waals surface area contributed by atoms with Crippen LogP contribution in [0.4, 0.5) is 5.69 Å². The van der Waals surface area contributed by atoms with Gasteiger partial charge in [-0.2, -0.15) is 0 Å². The molecule has 1 saturated heterocycles. The van der Waals surface area contributed by atoms with E-state index < -0.39 is 10.5 Å². The van der Waals surface area contributed by atoms with Crippen LogP contribution in [0.15, 0.2) is 18.2 Å². The maximum atomic E-state index is 12.0. The summed E-state index contributed by atoms with van der Waals surface area (Å²) in [6.07, 6.45) is 0.